The second kappa shape index (κ2) is 10.9. The fraction of sp³-hybridized carbons (Fsp3) is 0.500. The molecule has 166 valence electrons. The molecule has 6 nitrogen and oxygen atoms in total. The van der Waals surface area contributed by atoms with E-state index in [0.29, 0.717) is 12.5 Å². The SMILES string of the molecule is CCNC(=NCCOc1cccc(C(F)(F)F)c1)N1CCC(c2cnn(C)c2)C1.I. The molecule has 0 aliphatic carbocycles. The Labute approximate surface area is 191 Å². The number of ether oxygens (including phenoxy) is 1. The van der Waals surface area contributed by atoms with Gasteiger partial charge >= 0.3 is 6.18 Å². The largest absolute Gasteiger partial charge is 0.492 e. The van der Waals surface area contributed by atoms with Crippen molar-refractivity contribution in [3.05, 3.63) is 47.8 Å². The first-order valence-corrected chi connectivity index (χ1v) is 9.68. The monoisotopic (exact) mass is 537 g/mol. The lowest BCUT2D eigenvalue weighted by Crippen LogP contribution is -2.40. The summed E-state index contributed by atoms with van der Waals surface area (Å²) in [5.41, 5.74) is 0.504. The number of benzene rings is 1. The summed E-state index contributed by atoms with van der Waals surface area (Å²) in [7, 11) is 1.91. The molecule has 30 heavy (non-hydrogen) atoms. The second-order valence-corrected chi connectivity index (χ2v) is 6.99. The molecule has 1 aromatic heterocycles. The number of likely N-dealkylation sites (tertiary alicyclic amines) is 1. The third-order valence-corrected chi connectivity index (χ3v) is 4.80. The molecule has 3 rings (SSSR count). The van der Waals surface area contributed by atoms with Crippen LogP contribution in [0.5, 0.6) is 5.75 Å². The van der Waals surface area contributed by atoms with Crippen LogP contribution in [0.4, 0.5) is 13.2 Å². The summed E-state index contributed by atoms with van der Waals surface area (Å²) >= 11 is 0. The number of halogens is 4. The third kappa shape index (κ3) is 6.51. The number of hydrogen-bond acceptors (Lipinski definition) is 3. The number of aryl methyl sites for hydroxylation is 1. The van der Waals surface area contributed by atoms with E-state index in [1.807, 2.05) is 31.0 Å². The van der Waals surface area contributed by atoms with Crippen molar-refractivity contribution in [1.29, 1.82) is 0 Å². The van der Waals surface area contributed by atoms with Crippen LogP contribution in [-0.4, -0.2) is 53.4 Å². The maximum Gasteiger partial charge on any atom is 0.416 e. The maximum atomic E-state index is 12.8. The van der Waals surface area contributed by atoms with E-state index < -0.39 is 11.7 Å². The van der Waals surface area contributed by atoms with Gasteiger partial charge in [-0.1, -0.05) is 6.07 Å². The summed E-state index contributed by atoms with van der Waals surface area (Å²) in [6.07, 6.45) is 0.593. The molecule has 0 amide bonds. The van der Waals surface area contributed by atoms with Gasteiger partial charge in [-0.3, -0.25) is 4.68 Å². The van der Waals surface area contributed by atoms with E-state index in [9.17, 15) is 13.2 Å². The van der Waals surface area contributed by atoms with Gasteiger partial charge in [-0.25, -0.2) is 4.99 Å². The van der Waals surface area contributed by atoms with Gasteiger partial charge in [0.15, 0.2) is 5.96 Å². The fourth-order valence-electron chi connectivity index (χ4n) is 3.38. The van der Waals surface area contributed by atoms with E-state index >= 15 is 0 Å². The number of guanidine groups is 1. The lowest BCUT2D eigenvalue weighted by molar-refractivity contribution is -0.137. The molecule has 2 heterocycles. The molecule has 1 aliphatic heterocycles. The first-order chi connectivity index (χ1) is 13.9. The molecule has 1 saturated heterocycles. The van der Waals surface area contributed by atoms with Gasteiger partial charge in [0.25, 0.3) is 0 Å². The highest BCUT2D eigenvalue weighted by Crippen LogP contribution is 2.31. The summed E-state index contributed by atoms with van der Waals surface area (Å²) in [5.74, 6) is 1.40. The Hall–Kier alpha value is -1.98. The van der Waals surface area contributed by atoms with E-state index in [-0.39, 0.29) is 36.3 Å². The minimum atomic E-state index is -4.38. The van der Waals surface area contributed by atoms with E-state index in [1.165, 1.54) is 17.7 Å². The van der Waals surface area contributed by atoms with Crippen molar-refractivity contribution in [2.24, 2.45) is 12.0 Å². The molecule has 0 radical (unpaired) electrons. The van der Waals surface area contributed by atoms with Gasteiger partial charge in [0.2, 0.25) is 0 Å². The number of nitrogens with zero attached hydrogens (tertiary/aromatic N) is 4. The van der Waals surface area contributed by atoms with Gasteiger partial charge in [-0.05, 0) is 37.1 Å². The van der Waals surface area contributed by atoms with Crippen LogP contribution < -0.4 is 10.1 Å². The Morgan fingerprint density at radius 1 is 1.37 bits per heavy atom. The zero-order valence-corrected chi connectivity index (χ0v) is 19.4. The number of aromatic nitrogens is 2. The Bertz CT molecular complexity index is 840. The van der Waals surface area contributed by atoms with Crippen LogP contribution in [0.2, 0.25) is 0 Å². The number of rotatable bonds is 6. The predicted molar refractivity (Wildman–Crippen MR) is 120 cm³/mol. The van der Waals surface area contributed by atoms with E-state index in [0.717, 1.165) is 44.1 Å². The summed E-state index contributed by atoms with van der Waals surface area (Å²) < 4.78 is 45.6. The first kappa shape index (κ1) is 24.3. The Morgan fingerprint density at radius 2 is 2.17 bits per heavy atom. The van der Waals surface area contributed by atoms with Crippen molar-refractivity contribution in [2.75, 3.05) is 32.8 Å². The summed E-state index contributed by atoms with van der Waals surface area (Å²) in [4.78, 5) is 6.78. The van der Waals surface area contributed by atoms with Gasteiger partial charge in [0, 0.05) is 38.8 Å². The zero-order valence-electron chi connectivity index (χ0n) is 17.0. The lowest BCUT2D eigenvalue weighted by Gasteiger charge is -2.21. The van der Waals surface area contributed by atoms with Crippen molar-refractivity contribution in [3.8, 4) is 5.75 Å². The smallest absolute Gasteiger partial charge is 0.416 e. The van der Waals surface area contributed by atoms with Crippen molar-refractivity contribution in [3.63, 3.8) is 0 Å². The molecule has 10 heteroatoms. The third-order valence-electron chi connectivity index (χ3n) is 4.80. The fourth-order valence-corrected chi connectivity index (χ4v) is 3.38. The molecule has 1 aromatic carbocycles. The quantitative estimate of drug-likeness (QED) is 0.263. The topological polar surface area (TPSA) is 54.7 Å². The van der Waals surface area contributed by atoms with Crippen molar-refractivity contribution in [1.82, 2.24) is 20.0 Å². The molecule has 1 unspecified atom stereocenters. The van der Waals surface area contributed by atoms with Crippen LogP contribution in [0.25, 0.3) is 0 Å². The number of alkyl halides is 3. The van der Waals surface area contributed by atoms with Gasteiger partial charge in [-0.2, -0.15) is 18.3 Å². The average molecular weight is 537 g/mol. The molecular formula is C20H27F3IN5O. The maximum absolute atomic E-state index is 12.8. The molecule has 0 bridgehead atoms. The normalized spacial score (nSPS) is 17.0. The van der Waals surface area contributed by atoms with Crippen LogP contribution >= 0.6 is 24.0 Å². The molecule has 2 aromatic rings. The molecular weight excluding hydrogens is 510 g/mol. The number of hydrogen-bond donors (Lipinski definition) is 1. The lowest BCUT2D eigenvalue weighted by atomic mass is 10.0. The van der Waals surface area contributed by atoms with Crippen LogP contribution in [0.3, 0.4) is 0 Å². The summed E-state index contributed by atoms with van der Waals surface area (Å²) in [6, 6.07) is 4.89. The molecule has 1 fully saturated rings. The average Bonchev–Trinajstić information content (AvgIpc) is 3.33. The van der Waals surface area contributed by atoms with Crippen molar-refractivity contribution >= 4 is 29.9 Å². The highest BCUT2D eigenvalue weighted by Gasteiger charge is 2.30. The van der Waals surface area contributed by atoms with Crippen LogP contribution in [0.15, 0.2) is 41.7 Å². The zero-order chi connectivity index (χ0) is 20.9. The van der Waals surface area contributed by atoms with Crippen molar-refractivity contribution in [2.45, 2.75) is 25.4 Å². The number of aliphatic imine (C=N–C) groups is 1. The highest BCUT2D eigenvalue weighted by atomic mass is 127. The Kier molecular flexibility index (Phi) is 8.80. The number of nitrogens with one attached hydrogen (secondary N) is 1. The first-order valence-electron chi connectivity index (χ1n) is 9.68. The minimum Gasteiger partial charge on any atom is -0.492 e. The van der Waals surface area contributed by atoms with E-state index in [1.54, 1.807) is 0 Å². The Balaban J connectivity index is 0.00000320. The van der Waals surface area contributed by atoms with Gasteiger partial charge in [0.05, 0.1) is 18.3 Å². The van der Waals surface area contributed by atoms with E-state index in [2.05, 4.69) is 20.3 Å². The van der Waals surface area contributed by atoms with Crippen molar-refractivity contribution < 1.29 is 17.9 Å². The standard InChI is InChI=1S/C20H26F3N5O.HI/c1-3-24-19(28-9-7-15(14-28)16-12-26-27(2)13-16)25-8-10-29-18-6-4-5-17(11-18)20(21,22)23;/h4-6,11-13,15H,3,7-10,14H2,1-2H3,(H,24,25);1H. The summed E-state index contributed by atoms with van der Waals surface area (Å²) in [6.45, 7) is 5.04. The van der Waals surface area contributed by atoms with Crippen LogP contribution in [0, 0.1) is 0 Å². The molecule has 1 aliphatic rings. The van der Waals surface area contributed by atoms with Crippen LogP contribution in [-0.2, 0) is 13.2 Å². The van der Waals surface area contributed by atoms with Gasteiger partial charge in [0.1, 0.15) is 12.4 Å². The van der Waals surface area contributed by atoms with E-state index in [4.69, 9.17) is 4.74 Å². The Morgan fingerprint density at radius 3 is 2.83 bits per heavy atom. The molecule has 1 atom stereocenters. The minimum absolute atomic E-state index is 0. The highest BCUT2D eigenvalue weighted by molar-refractivity contribution is 14.0. The van der Waals surface area contributed by atoms with Gasteiger partial charge < -0.3 is 15.0 Å². The summed E-state index contributed by atoms with van der Waals surface area (Å²) in [5, 5.41) is 7.52. The van der Waals surface area contributed by atoms with Crippen LogP contribution in [0.1, 0.15) is 30.4 Å². The predicted octanol–water partition coefficient (Wildman–Crippen LogP) is 3.89. The van der Waals surface area contributed by atoms with Gasteiger partial charge in [-0.15, -0.1) is 24.0 Å². The second-order valence-electron chi connectivity index (χ2n) is 6.99. The molecule has 1 N–H and O–H groups in total. The molecule has 0 saturated carbocycles. The molecule has 0 spiro atoms.